The van der Waals surface area contributed by atoms with Gasteiger partial charge in [-0.05, 0) is 48.7 Å². The minimum atomic E-state index is 0.682. The Kier molecular flexibility index (Phi) is 5.22. The monoisotopic (exact) mass is 280 g/mol. The fraction of sp³-hybridized carbons (Fsp3) is 0.278. The zero-order valence-electron chi connectivity index (χ0n) is 12.5. The van der Waals surface area contributed by atoms with Crippen molar-refractivity contribution < 1.29 is 4.74 Å². The van der Waals surface area contributed by atoms with Crippen LogP contribution in [0.15, 0.2) is 42.5 Å². The summed E-state index contributed by atoms with van der Waals surface area (Å²) in [6, 6.07) is 15.9. The third-order valence-electron chi connectivity index (χ3n) is 3.16. The lowest BCUT2D eigenvalue weighted by Crippen LogP contribution is -2.04. The van der Waals surface area contributed by atoms with Crippen LogP contribution in [0.4, 0.5) is 5.69 Å². The van der Waals surface area contributed by atoms with Gasteiger partial charge >= 0.3 is 0 Å². The summed E-state index contributed by atoms with van der Waals surface area (Å²) in [6.07, 6.45) is 0.989. The molecule has 0 fully saturated rings. The maximum absolute atomic E-state index is 8.80. The first-order valence-corrected chi connectivity index (χ1v) is 7.19. The first-order chi connectivity index (χ1) is 10.2. The van der Waals surface area contributed by atoms with E-state index in [9.17, 15) is 0 Å². The van der Waals surface area contributed by atoms with Crippen LogP contribution >= 0.6 is 0 Å². The van der Waals surface area contributed by atoms with Crippen molar-refractivity contribution in [2.45, 2.75) is 26.8 Å². The number of rotatable bonds is 6. The van der Waals surface area contributed by atoms with Gasteiger partial charge in [-0.1, -0.05) is 25.1 Å². The Morgan fingerprint density at radius 2 is 1.90 bits per heavy atom. The van der Waals surface area contributed by atoms with Crippen molar-refractivity contribution in [3.63, 3.8) is 0 Å². The highest BCUT2D eigenvalue weighted by atomic mass is 16.5. The van der Waals surface area contributed by atoms with Crippen molar-refractivity contribution in [2.24, 2.45) is 0 Å². The summed E-state index contributed by atoms with van der Waals surface area (Å²) < 4.78 is 5.79. The molecule has 0 aliphatic carbocycles. The molecule has 0 saturated carbocycles. The van der Waals surface area contributed by atoms with Gasteiger partial charge in [0.1, 0.15) is 5.75 Å². The SMILES string of the molecule is CCCOc1cc(C)ccc1NCc1ccc(C#N)cc1. The minimum absolute atomic E-state index is 0.682. The fourth-order valence-corrected chi connectivity index (χ4v) is 2.00. The van der Waals surface area contributed by atoms with Gasteiger partial charge in [-0.25, -0.2) is 0 Å². The number of hydrogen-bond acceptors (Lipinski definition) is 3. The minimum Gasteiger partial charge on any atom is -0.491 e. The maximum Gasteiger partial charge on any atom is 0.142 e. The van der Waals surface area contributed by atoms with Crippen molar-refractivity contribution in [1.82, 2.24) is 0 Å². The zero-order chi connectivity index (χ0) is 15.1. The highest BCUT2D eigenvalue weighted by Gasteiger charge is 2.04. The van der Waals surface area contributed by atoms with Gasteiger partial charge in [-0.2, -0.15) is 5.26 Å². The standard InChI is InChI=1S/C18H20N2O/c1-3-10-21-18-11-14(2)4-9-17(18)20-13-16-7-5-15(12-19)6-8-16/h4-9,11,20H,3,10,13H2,1-2H3. The van der Waals surface area contributed by atoms with Gasteiger partial charge in [-0.15, -0.1) is 0 Å². The molecule has 3 nitrogen and oxygen atoms in total. The van der Waals surface area contributed by atoms with Crippen LogP contribution in [0.1, 0.15) is 30.0 Å². The summed E-state index contributed by atoms with van der Waals surface area (Å²) in [6.45, 7) is 5.58. The zero-order valence-corrected chi connectivity index (χ0v) is 12.5. The second-order valence-electron chi connectivity index (χ2n) is 5.01. The average molecular weight is 280 g/mol. The molecule has 0 aliphatic heterocycles. The van der Waals surface area contributed by atoms with Crippen molar-refractivity contribution in [1.29, 1.82) is 5.26 Å². The van der Waals surface area contributed by atoms with Crippen LogP contribution in [0.5, 0.6) is 5.75 Å². The molecule has 2 aromatic rings. The van der Waals surface area contributed by atoms with E-state index in [1.165, 1.54) is 5.56 Å². The number of ether oxygens (including phenoxy) is 1. The molecule has 0 saturated heterocycles. The predicted octanol–water partition coefficient (Wildman–Crippen LogP) is 4.27. The molecule has 2 aromatic carbocycles. The molecule has 0 amide bonds. The Morgan fingerprint density at radius 3 is 2.57 bits per heavy atom. The average Bonchev–Trinajstić information content (AvgIpc) is 2.52. The lowest BCUT2D eigenvalue weighted by atomic mass is 10.1. The molecule has 3 heteroatoms. The van der Waals surface area contributed by atoms with Crippen LogP contribution in [-0.4, -0.2) is 6.61 Å². The molecule has 0 atom stereocenters. The van der Waals surface area contributed by atoms with Gasteiger partial charge in [0.25, 0.3) is 0 Å². The summed E-state index contributed by atoms with van der Waals surface area (Å²) in [7, 11) is 0. The third kappa shape index (κ3) is 4.25. The van der Waals surface area contributed by atoms with Gasteiger partial charge < -0.3 is 10.1 Å². The molecule has 0 aromatic heterocycles. The van der Waals surface area contributed by atoms with Gasteiger partial charge in [0.15, 0.2) is 0 Å². The van der Waals surface area contributed by atoms with E-state index in [1.807, 2.05) is 30.3 Å². The lowest BCUT2D eigenvalue weighted by Gasteiger charge is -2.14. The molecule has 0 bridgehead atoms. The summed E-state index contributed by atoms with van der Waals surface area (Å²) in [4.78, 5) is 0. The molecular weight excluding hydrogens is 260 g/mol. The first-order valence-electron chi connectivity index (χ1n) is 7.19. The van der Waals surface area contributed by atoms with Gasteiger partial charge in [0, 0.05) is 6.54 Å². The van der Waals surface area contributed by atoms with E-state index in [0.717, 1.165) is 30.0 Å². The number of nitrogens with one attached hydrogen (secondary N) is 1. The van der Waals surface area contributed by atoms with Gasteiger partial charge in [-0.3, -0.25) is 0 Å². The summed E-state index contributed by atoms with van der Waals surface area (Å²) in [5.41, 5.74) is 4.00. The first kappa shape index (κ1) is 14.9. The number of aryl methyl sites for hydroxylation is 1. The van der Waals surface area contributed by atoms with Crippen LogP contribution in [0.3, 0.4) is 0 Å². The fourth-order valence-electron chi connectivity index (χ4n) is 2.00. The third-order valence-corrected chi connectivity index (χ3v) is 3.16. The van der Waals surface area contributed by atoms with E-state index in [1.54, 1.807) is 0 Å². The molecule has 108 valence electrons. The number of nitriles is 1. The van der Waals surface area contributed by atoms with Crippen LogP contribution in [0.25, 0.3) is 0 Å². The van der Waals surface area contributed by atoms with Crippen molar-refractivity contribution >= 4 is 5.69 Å². The second kappa shape index (κ2) is 7.35. The maximum atomic E-state index is 8.80. The van der Waals surface area contributed by atoms with Crippen molar-refractivity contribution in [2.75, 3.05) is 11.9 Å². The van der Waals surface area contributed by atoms with Crippen LogP contribution in [0.2, 0.25) is 0 Å². The lowest BCUT2D eigenvalue weighted by molar-refractivity contribution is 0.318. The Balaban J connectivity index is 2.06. The van der Waals surface area contributed by atoms with Crippen molar-refractivity contribution in [3.8, 4) is 11.8 Å². The molecule has 21 heavy (non-hydrogen) atoms. The Morgan fingerprint density at radius 1 is 1.14 bits per heavy atom. The normalized spacial score (nSPS) is 9.95. The van der Waals surface area contributed by atoms with Gasteiger partial charge in [0.05, 0.1) is 23.9 Å². The largest absolute Gasteiger partial charge is 0.491 e. The Labute approximate surface area is 126 Å². The summed E-state index contributed by atoms with van der Waals surface area (Å²) in [5, 5.41) is 12.2. The topological polar surface area (TPSA) is 45.0 Å². The van der Waals surface area contributed by atoms with E-state index in [4.69, 9.17) is 10.00 Å². The highest BCUT2D eigenvalue weighted by molar-refractivity contribution is 5.58. The quantitative estimate of drug-likeness (QED) is 0.859. The number of benzene rings is 2. The molecule has 0 radical (unpaired) electrons. The molecular formula is C18H20N2O. The van der Waals surface area contributed by atoms with E-state index in [0.29, 0.717) is 12.1 Å². The van der Waals surface area contributed by atoms with Gasteiger partial charge in [0.2, 0.25) is 0 Å². The molecule has 0 heterocycles. The molecule has 0 spiro atoms. The van der Waals surface area contributed by atoms with E-state index < -0.39 is 0 Å². The highest BCUT2D eigenvalue weighted by Crippen LogP contribution is 2.26. The molecule has 0 aliphatic rings. The smallest absolute Gasteiger partial charge is 0.142 e. The number of hydrogen-bond donors (Lipinski definition) is 1. The second-order valence-corrected chi connectivity index (χ2v) is 5.01. The van der Waals surface area contributed by atoms with Crippen LogP contribution in [0, 0.1) is 18.3 Å². The van der Waals surface area contributed by atoms with E-state index in [-0.39, 0.29) is 0 Å². The van der Waals surface area contributed by atoms with Crippen LogP contribution in [-0.2, 0) is 6.54 Å². The number of nitrogens with zero attached hydrogens (tertiary/aromatic N) is 1. The molecule has 2 rings (SSSR count). The Bertz CT molecular complexity index is 627. The molecule has 1 N–H and O–H groups in total. The van der Waals surface area contributed by atoms with Crippen LogP contribution < -0.4 is 10.1 Å². The van der Waals surface area contributed by atoms with E-state index in [2.05, 4.69) is 37.4 Å². The summed E-state index contributed by atoms with van der Waals surface area (Å²) in [5.74, 6) is 0.894. The van der Waals surface area contributed by atoms with Crippen molar-refractivity contribution in [3.05, 3.63) is 59.2 Å². The molecule has 0 unspecified atom stereocenters. The summed E-state index contributed by atoms with van der Waals surface area (Å²) >= 11 is 0. The van der Waals surface area contributed by atoms with E-state index >= 15 is 0 Å². The predicted molar refractivity (Wildman–Crippen MR) is 85.4 cm³/mol. The Hall–Kier alpha value is -2.47. The number of anilines is 1.